The lowest BCUT2D eigenvalue weighted by molar-refractivity contribution is 0.0691. The standard InChI is InChI=1S/C9H5F2I4NO4S/c10-9(11,21(18,19)20)2-16-8(17)5-6(14)3(12)1-4(13)7(5)15/h1H,2H2,(H,16,17)(H,18,19,20)/p-1. The van der Waals surface area contributed by atoms with Gasteiger partial charge >= 0.3 is 5.25 Å². The molecule has 0 saturated carbocycles. The first-order valence-electron chi connectivity index (χ1n) is 4.83. The Kier molecular flexibility index (Phi) is 7.31. The van der Waals surface area contributed by atoms with Crippen molar-refractivity contribution >= 4 is 106 Å². The molecule has 0 atom stereocenters. The molecule has 1 rings (SSSR count). The molecule has 5 nitrogen and oxygen atoms in total. The number of hydrogen-bond donors (Lipinski definition) is 1. The SMILES string of the molecule is O=C(NCC(F)(F)S(=O)(=O)[O-])c1c(I)c(I)cc(I)c1I. The van der Waals surface area contributed by atoms with Crippen molar-refractivity contribution < 1.29 is 26.5 Å². The third-order valence-electron chi connectivity index (χ3n) is 2.16. The van der Waals surface area contributed by atoms with Crippen LogP contribution in [0.1, 0.15) is 10.4 Å². The Morgan fingerprint density at radius 3 is 2.00 bits per heavy atom. The molecule has 21 heavy (non-hydrogen) atoms. The molecular weight excluding hydrogens is 764 g/mol. The Labute approximate surface area is 173 Å². The summed E-state index contributed by atoms with van der Waals surface area (Å²) in [6.07, 6.45) is 0. The topological polar surface area (TPSA) is 86.3 Å². The van der Waals surface area contributed by atoms with E-state index < -0.39 is 27.8 Å². The zero-order chi connectivity index (χ0) is 16.6. The van der Waals surface area contributed by atoms with Crippen LogP contribution in [-0.4, -0.2) is 30.7 Å². The summed E-state index contributed by atoms with van der Waals surface area (Å²) in [6, 6.07) is 1.82. The van der Waals surface area contributed by atoms with E-state index >= 15 is 0 Å². The highest BCUT2D eigenvalue weighted by atomic mass is 127. The number of carbonyl (C=O) groups excluding carboxylic acids is 1. The maximum atomic E-state index is 13.0. The van der Waals surface area contributed by atoms with Crippen molar-refractivity contribution in [3.63, 3.8) is 0 Å². The maximum absolute atomic E-state index is 13.0. The average molecular weight is 768 g/mol. The molecule has 0 aromatic heterocycles. The molecule has 12 heteroatoms. The number of benzene rings is 1. The first kappa shape index (κ1) is 20.4. The molecule has 118 valence electrons. The van der Waals surface area contributed by atoms with E-state index in [2.05, 4.69) is 0 Å². The highest BCUT2D eigenvalue weighted by molar-refractivity contribution is 14.1. The molecule has 0 fully saturated rings. The lowest BCUT2D eigenvalue weighted by Crippen LogP contribution is -2.42. The third kappa shape index (κ3) is 4.92. The number of amides is 1. The molecule has 1 aromatic rings. The fourth-order valence-corrected chi connectivity index (χ4v) is 5.00. The normalized spacial score (nSPS) is 12.3. The summed E-state index contributed by atoms with van der Waals surface area (Å²) in [5.74, 6) is -0.858. The molecule has 0 aliphatic rings. The summed E-state index contributed by atoms with van der Waals surface area (Å²) < 4.78 is 59.9. The predicted molar refractivity (Wildman–Crippen MR) is 104 cm³/mol. The summed E-state index contributed by atoms with van der Waals surface area (Å²) in [5, 5.41) is -2.75. The van der Waals surface area contributed by atoms with Gasteiger partial charge in [-0.25, -0.2) is 8.42 Å². The minimum absolute atomic E-state index is 0.173. The van der Waals surface area contributed by atoms with Crippen molar-refractivity contribution in [1.29, 1.82) is 0 Å². The number of halogens is 6. The monoisotopic (exact) mass is 768 g/mol. The zero-order valence-electron chi connectivity index (χ0n) is 9.59. The van der Waals surface area contributed by atoms with E-state index in [1.165, 1.54) is 0 Å². The number of alkyl halides is 2. The molecule has 0 unspecified atom stereocenters. The van der Waals surface area contributed by atoms with Gasteiger partial charge in [0.15, 0.2) is 10.1 Å². The van der Waals surface area contributed by atoms with Crippen LogP contribution >= 0.6 is 90.4 Å². The zero-order valence-corrected chi connectivity index (χ0v) is 19.0. The van der Waals surface area contributed by atoms with Gasteiger partial charge in [0, 0.05) is 14.3 Å². The summed E-state index contributed by atoms with van der Waals surface area (Å²) >= 11 is 7.78. The van der Waals surface area contributed by atoms with E-state index in [9.17, 15) is 26.5 Å². The van der Waals surface area contributed by atoms with Crippen LogP contribution in [0.2, 0.25) is 0 Å². The van der Waals surface area contributed by atoms with Crippen molar-refractivity contribution in [1.82, 2.24) is 5.32 Å². The number of nitrogens with one attached hydrogen (secondary N) is 1. The molecular formula is C9H4F2I4NO4S-. The maximum Gasteiger partial charge on any atom is 0.351 e. The summed E-state index contributed by atoms with van der Waals surface area (Å²) in [5.41, 5.74) is 0.173. The van der Waals surface area contributed by atoms with E-state index in [0.29, 0.717) is 7.14 Å². The summed E-state index contributed by atoms with van der Waals surface area (Å²) in [4.78, 5) is 12.0. The minimum atomic E-state index is -5.82. The fraction of sp³-hybridized carbons (Fsp3) is 0.222. The largest absolute Gasteiger partial charge is 0.743 e. The van der Waals surface area contributed by atoms with Crippen LogP contribution in [0.25, 0.3) is 0 Å². The smallest absolute Gasteiger partial charge is 0.351 e. The Morgan fingerprint density at radius 2 is 1.62 bits per heavy atom. The van der Waals surface area contributed by atoms with E-state index in [-0.39, 0.29) is 5.56 Å². The van der Waals surface area contributed by atoms with Crippen LogP contribution in [0.15, 0.2) is 6.07 Å². The molecule has 0 radical (unpaired) electrons. The molecule has 1 amide bonds. The van der Waals surface area contributed by atoms with Crippen LogP contribution in [-0.2, 0) is 10.1 Å². The second-order valence-corrected chi connectivity index (χ2v) is 9.60. The number of rotatable bonds is 4. The number of hydrogen-bond acceptors (Lipinski definition) is 4. The molecule has 1 N–H and O–H groups in total. The molecule has 0 aliphatic carbocycles. The van der Waals surface area contributed by atoms with Gasteiger partial charge in [-0.05, 0) is 96.4 Å². The van der Waals surface area contributed by atoms with Crippen LogP contribution in [0.4, 0.5) is 8.78 Å². The Balaban J connectivity index is 3.08. The van der Waals surface area contributed by atoms with Gasteiger partial charge in [0.2, 0.25) is 0 Å². The fourth-order valence-electron chi connectivity index (χ4n) is 1.13. The predicted octanol–water partition coefficient (Wildman–Crippen LogP) is 2.97. The van der Waals surface area contributed by atoms with Gasteiger partial charge < -0.3 is 9.87 Å². The number of carbonyl (C=O) groups is 1. The van der Waals surface area contributed by atoms with Crippen LogP contribution in [0.5, 0.6) is 0 Å². The summed E-state index contributed by atoms with van der Waals surface area (Å²) in [7, 11) is -5.82. The first-order valence-corrected chi connectivity index (χ1v) is 10.5. The van der Waals surface area contributed by atoms with E-state index in [4.69, 9.17) is 0 Å². The second-order valence-electron chi connectivity index (χ2n) is 3.62. The average Bonchev–Trinajstić information content (AvgIpc) is 2.33. The molecule has 0 heterocycles. The summed E-state index contributed by atoms with van der Waals surface area (Å²) in [6.45, 7) is -1.56. The van der Waals surface area contributed by atoms with Gasteiger partial charge in [-0.1, -0.05) is 0 Å². The minimum Gasteiger partial charge on any atom is -0.743 e. The van der Waals surface area contributed by atoms with Crippen LogP contribution in [0, 0.1) is 14.3 Å². The highest BCUT2D eigenvalue weighted by Gasteiger charge is 2.38. The first-order chi connectivity index (χ1) is 9.38. The van der Waals surface area contributed by atoms with Crippen LogP contribution in [0.3, 0.4) is 0 Å². The van der Waals surface area contributed by atoms with Gasteiger partial charge in [0.05, 0.1) is 12.1 Å². The molecule has 0 spiro atoms. The Hall–Kier alpha value is 1.38. The van der Waals surface area contributed by atoms with Crippen molar-refractivity contribution in [2.75, 3.05) is 6.54 Å². The van der Waals surface area contributed by atoms with Crippen molar-refractivity contribution in [2.45, 2.75) is 5.25 Å². The molecule has 0 aliphatic heterocycles. The van der Waals surface area contributed by atoms with Crippen LogP contribution < -0.4 is 5.32 Å². The van der Waals surface area contributed by atoms with Gasteiger partial charge in [-0.3, -0.25) is 4.79 Å². The van der Waals surface area contributed by atoms with Gasteiger partial charge in [0.1, 0.15) is 0 Å². The Morgan fingerprint density at radius 1 is 1.19 bits per heavy atom. The van der Waals surface area contributed by atoms with E-state index in [1.807, 2.05) is 96.4 Å². The second kappa shape index (κ2) is 7.51. The molecule has 0 saturated heterocycles. The lowest BCUT2D eigenvalue weighted by atomic mass is 10.2. The van der Waals surface area contributed by atoms with E-state index in [0.717, 1.165) is 7.14 Å². The van der Waals surface area contributed by atoms with Crippen molar-refractivity contribution in [3.8, 4) is 0 Å². The van der Waals surface area contributed by atoms with Crippen molar-refractivity contribution in [3.05, 3.63) is 25.9 Å². The van der Waals surface area contributed by atoms with Gasteiger partial charge in [-0.15, -0.1) is 0 Å². The van der Waals surface area contributed by atoms with Gasteiger partial charge in [-0.2, -0.15) is 8.78 Å². The quantitative estimate of drug-likeness (QED) is 0.291. The molecule has 1 aromatic carbocycles. The lowest BCUT2D eigenvalue weighted by Gasteiger charge is -2.20. The Bertz CT molecular complexity index is 669. The molecule has 0 bridgehead atoms. The third-order valence-corrected chi connectivity index (χ3v) is 9.04. The van der Waals surface area contributed by atoms with Gasteiger partial charge in [0.25, 0.3) is 5.91 Å². The highest BCUT2D eigenvalue weighted by Crippen LogP contribution is 2.29. The van der Waals surface area contributed by atoms with E-state index in [1.54, 1.807) is 5.32 Å². The van der Waals surface area contributed by atoms with Crippen molar-refractivity contribution in [2.24, 2.45) is 0 Å².